The Morgan fingerprint density at radius 3 is 2.69 bits per heavy atom. The van der Waals surface area contributed by atoms with E-state index in [1.807, 2.05) is 53.6 Å². The summed E-state index contributed by atoms with van der Waals surface area (Å²) in [6.07, 6.45) is 6.67. The first kappa shape index (κ1) is 20.5. The summed E-state index contributed by atoms with van der Waals surface area (Å²) in [5, 5.41) is 7.85. The smallest absolute Gasteiger partial charge is 0.227 e. The highest BCUT2D eigenvalue weighted by Gasteiger charge is 2.26. The molecule has 1 N–H and O–H groups in total. The minimum absolute atomic E-state index is 0.000819. The second kappa shape index (κ2) is 8.99. The number of hydrogen-bond acceptors (Lipinski definition) is 3. The predicted molar refractivity (Wildman–Crippen MR) is 123 cm³/mol. The number of hydrogen-bond donors (Lipinski definition) is 1. The second-order valence-electron chi connectivity index (χ2n) is 8.70. The molecule has 2 amide bonds. The van der Waals surface area contributed by atoms with E-state index in [-0.39, 0.29) is 17.9 Å². The van der Waals surface area contributed by atoms with E-state index in [4.69, 9.17) is 0 Å². The quantitative estimate of drug-likeness (QED) is 0.650. The van der Waals surface area contributed by atoms with Crippen LogP contribution < -0.4 is 10.2 Å². The molecule has 1 aliphatic heterocycles. The van der Waals surface area contributed by atoms with Crippen molar-refractivity contribution in [2.45, 2.75) is 51.1 Å². The van der Waals surface area contributed by atoms with Gasteiger partial charge in [0.1, 0.15) is 0 Å². The van der Waals surface area contributed by atoms with E-state index in [0.717, 1.165) is 55.6 Å². The number of carbonyl (C=O) groups excluding carboxylic acids is 2. The molecule has 1 saturated heterocycles. The zero-order chi connectivity index (χ0) is 21.9. The van der Waals surface area contributed by atoms with E-state index < -0.39 is 0 Å². The molecule has 1 aliphatic carbocycles. The van der Waals surface area contributed by atoms with Gasteiger partial charge >= 0.3 is 0 Å². The fourth-order valence-corrected chi connectivity index (χ4v) is 4.85. The summed E-state index contributed by atoms with van der Waals surface area (Å²) in [5.41, 5.74) is 5.40. The van der Waals surface area contributed by atoms with Crippen molar-refractivity contribution in [2.75, 3.05) is 11.4 Å². The van der Waals surface area contributed by atoms with E-state index in [9.17, 15) is 9.59 Å². The van der Waals surface area contributed by atoms with Crippen LogP contribution in [0.3, 0.4) is 0 Å². The Labute approximate surface area is 188 Å². The van der Waals surface area contributed by atoms with Crippen LogP contribution in [-0.4, -0.2) is 28.1 Å². The van der Waals surface area contributed by atoms with Crippen molar-refractivity contribution in [3.8, 4) is 0 Å². The molecule has 1 fully saturated rings. The highest BCUT2D eigenvalue weighted by Crippen LogP contribution is 2.30. The van der Waals surface area contributed by atoms with Crippen molar-refractivity contribution < 1.29 is 9.59 Å². The summed E-state index contributed by atoms with van der Waals surface area (Å²) in [7, 11) is 0. The van der Waals surface area contributed by atoms with Gasteiger partial charge in [-0.25, -0.2) is 0 Å². The fourth-order valence-electron chi connectivity index (χ4n) is 4.85. The Balaban J connectivity index is 1.26. The summed E-state index contributed by atoms with van der Waals surface area (Å²) in [5.74, 6) is 0.164. The normalized spacial score (nSPS) is 17.9. The second-order valence-corrected chi connectivity index (χ2v) is 8.70. The zero-order valence-corrected chi connectivity index (χ0v) is 18.2. The molecule has 0 bridgehead atoms. The Hall–Kier alpha value is -3.41. The Kier molecular flexibility index (Phi) is 5.75. The number of anilines is 1. The van der Waals surface area contributed by atoms with Gasteiger partial charge in [0.2, 0.25) is 11.8 Å². The van der Waals surface area contributed by atoms with Crippen LogP contribution in [0.5, 0.6) is 0 Å². The Morgan fingerprint density at radius 1 is 1.03 bits per heavy atom. The van der Waals surface area contributed by atoms with Gasteiger partial charge in [0.05, 0.1) is 25.2 Å². The molecule has 2 aromatic carbocycles. The molecule has 6 heteroatoms. The molecule has 1 unspecified atom stereocenters. The molecule has 0 radical (unpaired) electrons. The molecule has 5 rings (SSSR count). The summed E-state index contributed by atoms with van der Waals surface area (Å²) < 4.78 is 2.07. The van der Waals surface area contributed by atoms with Gasteiger partial charge in [-0.2, -0.15) is 5.10 Å². The first-order valence-electron chi connectivity index (χ1n) is 11.4. The average molecular weight is 429 g/mol. The van der Waals surface area contributed by atoms with Gasteiger partial charge in [-0.15, -0.1) is 0 Å². The molecule has 1 atom stereocenters. The summed E-state index contributed by atoms with van der Waals surface area (Å²) in [6.45, 7) is 1.51. The van der Waals surface area contributed by atoms with Crippen LogP contribution in [0.1, 0.15) is 54.1 Å². The highest BCUT2D eigenvalue weighted by molar-refractivity contribution is 5.95. The molecule has 2 aliphatic rings. The van der Waals surface area contributed by atoms with Crippen molar-refractivity contribution in [1.82, 2.24) is 15.1 Å². The van der Waals surface area contributed by atoms with Gasteiger partial charge in [-0.3, -0.25) is 14.3 Å². The van der Waals surface area contributed by atoms with Crippen LogP contribution in [-0.2, 0) is 29.0 Å². The third-order valence-corrected chi connectivity index (χ3v) is 6.43. The minimum atomic E-state index is -0.000819. The number of nitrogens with one attached hydrogen (secondary N) is 1. The lowest BCUT2D eigenvalue weighted by Gasteiger charge is -2.24. The van der Waals surface area contributed by atoms with Gasteiger partial charge in [-0.1, -0.05) is 42.5 Å². The standard InChI is InChI=1S/C26H28N4O2/c31-25(16-20-9-4-10-21(15-20)29-14-6-13-26(29)32)28-23-11-5-12-24-22(23)17-27-30(24)18-19-7-2-1-3-8-19/h1-4,7-10,15,17,23H,5-6,11-14,16,18H2,(H,28,31). The van der Waals surface area contributed by atoms with Crippen molar-refractivity contribution in [1.29, 1.82) is 0 Å². The van der Waals surface area contributed by atoms with Gasteiger partial charge in [0.25, 0.3) is 0 Å². The lowest BCUT2D eigenvalue weighted by Crippen LogP contribution is -2.32. The van der Waals surface area contributed by atoms with E-state index in [0.29, 0.717) is 12.8 Å². The number of rotatable bonds is 6. The number of nitrogens with zero attached hydrogens (tertiary/aromatic N) is 3. The van der Waals surface area contributed by atoms with Crippen LogP contribution in [0.15, 0.2) is 60.8 Å². The van der Waals surface area contributed by atoms with E-state index in [2.05, 4.69) is 27.2 Å². The van der Waals surface area contributed by atoms with Crippen LogP contribution in [0, 0.1) is 0 Å². The third-order valence-electron chi connectivity index (χ3n) is 6.43. The topological polar surface area (TPSA) is 67.2 Å². The Morgan fingerprint density at radius 2 is 1.88 bits per heavy atom. The molecule has 1 aromatic heterocycles. The van der Waals surface area contributed by atoms with E-state index in [1.54, 1.807) is 0 Å². The molecule has 164 valence electrons. The van der Waals surface area contributed by atoms with Gasteiger partial charge in [-0.05, 0) is 48.9 Å². The molecule has 32 heavy (non-hydrogen) atoms. The number of aromatic nitrogens is 2. The molecule has 0 spiro atoms. The number of carbonyl (C=O) groups is 2. The lowest BCUT2D eigenvalue weighted by atomic mass is 9.92. The summed E-state index contributed by atoms with van der Waals surface area (Å²) in [6, 6.07) is 18.1. The molecule has 2 heterocycles. The van der Waals surface area contributed by atoms with Crippen molar-refractivity contribution in [2.24, 2.45) is 0 Å². The van der Waals surface area contributed by atoms with Gasteiger partial charge < -0.3 is 10.2 Å². The van der Waals surface area contributed by atoms with Crippen molar-refractivity contribution in [3.63, 3.8) is 0 Å². The lowest BCUT2D eigenvalue weighted by molar-refractivity contribution is -0.121. The summed E-state index contributed by atoms with van der Waals surface area (Å²) >= 11 is 0. The van der Waals surface area contributed by atoms with E-state index >= 15 is 0 Å². The maximum atomic E-state index is 12.9. The first-order valence-corrected chi connectivity index (χ1v) is 11.4. The van der Waals surface area contributed by atoms with Crippen LogP contribution >= 0.6 is 0 Å². The average Bonchev–Trinajstić information content (AvgIpc) is 3.41. The zero-order valence-electron chi connectivity index (χ0n) is 18.2. The predicted octanol–water partition coefficient (Wildman–Crippen LogP) is 3.79. The maximum Gasteiger partial charge on any atom is 0.227 e. The number of fused-ring (bicyclic) bond motifs is 1. The van der Waals surface area contributed by atoms with Crippen LogP contribution in [0.25, 0.3) is 0 Å². The molecule has 0 saturated carbocycles. The SMILES string of the molecule is O=C(Cc1cccc(N2CCCC2=O)c1)NC1CCCc2c1cnn2Cc1ccccc1. The largest absolute Gasteiger partial charge is 0.349 e. The van der Waals surface area contributed by atoms with Crippen molar-refractivity contribution in [3.05, 3.63) is 83.2 Å². The maximum absolute atomic E-state index is 12.9. The molecular weight excluding hydrogens is 400 g/mol. The highest BCUT2D eigenvalue weighted by atomic mass is 16.2. The van der Waals surface area contributed by atoms with Gasteiger partial charge in [0.15, 0.2) is 0 Å². The molecule has 3 aromatic rings. The molecule has 6 nitrogen and oxygen atoms in total. The fraction of sp³-hybridized carbons (Fsp3) is 0.346. The van der Waals surface area contributed by atoms with Crippen LogP contribution in [0.4, 0.5) is 5.69 Å². The number of amides is 2. The third kappa shape index (κ3) is 4.31. The molecular formula is C26H28N4O2. The van der Waals surface area contributed by atoms with Crippen molar-refractivity contribution >= 4 is 17.5 Å². The van der Waals surface area contributed by atoms with Crippen LogP contribution in [0.2, 0.25) is 0 Å². The van der Waals surface area contributed by atoms with Gasteiger partial charge in [0, 0.05) is 29.9 Å². The minimum Gasteiger partial charge on any atom is -0.349 e. The number of benzene rings is 2. The first-order chi connectivity index (χ1) is 15.7. The Bertz CT molecular complexity index is 1120. The summed E-state index contributed by atoms with van der Waals surface area (Å²) in [4.78, 5) is 26.7. The monoisotopic (exact) mass is 428 g/mol. The van der Waals surface area contributed by atoms with E-state index in [1.165, 1.54) is 11.3 Å².